The average molecular weight is 231 g/mol. The summed E-state index contributed by atoms with van der Waals surface area (Å²) >= 11 is 0. The van der Waals surface area contributed by atoms with Crippen LogP contribution in [0.4, 0.5) is 0 Å². The molecule has 2 aromatic rings. The molecular formula is C14H17NO2. The van der Waals surface area contributed by atoms with Crippen molar-refractivity contribution < 1.29 is 9.53 Å². The Morgan fingerprint density at radius 2 is 2.12 bits per heavy atom. The van der Waals surface area contributed by atoms with E-state index >= 15 is 0 Å². The number of carbonyl (C=O) groups is 1. The standard InChI is InChI=1S/C14H17NO2/c1-3-4-9-17-14(16)13-10-11-7-5-6-8-12(11)15(13)2/h5-8,10H,3-4,9H2,1-2H3. The van der Waals surface area contributed by atoms with Crippen molar-refractivity contribution in [1.82, 2.24) is 4.57 Å². The third kappa shape index (κ3) is 2.33. The zero-order chi connectivity index (χ0) is 12.3. The zero-order valence-electron chi connectivity index (χ0n) is 10.3. The van der Waals surface area contributed by atoms with Crippen molar-refractivity contribution in [3.05, 3.63) is 36.0 Å². The molecule has 0 saturated heterocycles. The number of nitrogens with zero attached hydrogens (tertiary/aromatic N) is 1. The maximum absolute atomic E-state index is 11.9. The number of aryl methyl sites for hydroxylation is 1. The molecule has 0 aliphatic carbocycles. The number of carbonyl (C=O) groups excluding carboxylic acids is 1. The summed E-state index contributed by atoms with van der Waals surface area (Å²) in [6, 6.07) is 9.81. The van der Waals surface area contributed by atoms with Crippen molar-refractivity contribution in [2.24, 2.45) is 7.05 Å². The number of aromatic nitrogens is 1. The lowest BCUT2D eigenvalue weighted by Gasteiger charge is -2.05. The minimum Gasteiger partial charge on any atom is -0.461 e. The third-order valence-electron chi connectivity index (χ3n) is 2.89. The van der Waals surface area contributed by atoms with Crippen LogP contribution in [0.2, 0.25) is 0 Å². The Labute approximate surface area is 101 Å². The number of hydrogen-bond acceptors (Lipinski definition) is 2. The fraction of sp³-hybridized carbons (Fsp3) is 0.357. The summed E-state index contributed by atoms with van der Waals surface area (Å²) < 4.78 is 7.10. The number of ether oxygens (including phenoxy) is 1. The highest BCUT2D eigenvalue weighted by Gasteiger charge is 2.13. The summed E-state index contributed by atoms with van der Waals surface area (Å²) in [4.78, 5) is 11.9. The zero-order valence-corrected chi connectivity index (χ0v) is 10.3. The minimum absolute atomic E-state index is 0.239. The molecule has 0 aliphatic heterocycles. The number of fused-ring (bicyclic) bond motifs is 1. The SMILES string of the molecule is CCCCOC(=O)c1cc2ccccc2n1C. The lowest BCUT2D eigenvalue weighted by atomic mass is 10.2. The molecule has 3 nitrogen and oxygen atoms in total. The Hall–Kier alpha value is -1.77. The van der Waals surface area contributed by atoms with Crippen LogP contribution in [0.1, 0.15) is 30.3 Å². The molecule has 90 valence electrons. The monoisotopic (exact) mass is 231 g/mol. The summed E-state index contributed by atoms with van der Waals surface area (Å²) in [5.74, 6) is -0.239. The normalized spacial score (nSPS) is 10.7. The van der Waals surface area contributed by atoms with E-state index in [4.69, 9.17) is 4.74 Å². The Kier molecular flexibility index (Phi) is 3.47. The van der Waals surface area contributed by atoms with Crippen LogP contribution in [-0.4, -0.2) is 17.1 Å². The van der Waals surface area contributed by atoms with E-state index in [0.29, 0.717) is 12.3 Å². The highest BCUT2D eigenvalue weighted by molar-refractivity contribution is 5.95. The molecule has 0 aliphatic rings. The molecule has 17 heavy (non-hydrogen) atoms. The topological polar surface area (TPSA) is 31.2 Å². The van der Waals surface area contributed by atoms with Crippen molar-refractivity contribution in [3.63, 3.8) is 0 Å². The van der Waals surface area contributed by atoms with Gasteiger partial charge in [0.15, 0.2) is 0 Å². The smallest absolute Gasteiger partial charge is 0.354 e. The number of para-hydroxylation sites is 1. The van der Waals surface area contributed by atoms with Gasteiger partial charge in [0.25, 0.3) is 0 Å². The number of unbranched alkanes of at least 4 members (excludes halogenated alkanes) is 1. The number of hydrogen-bond donors (Lipinski definition) is 0. The van der Waals surface area contributed by atoms with Crippen molar-refractivity contribution in [2.75, 3.05) is 6.61 Å². The Morgan fingerprint density at radius 3 is 2.82 bits per heavy atom. The third-order valence-corrected chi connectivity index (χ3v) is 2.89. The first kappa shape index (κ1) is 11.7. The second-order valence-corrected chi connectivity index (χ2v) is 4.14. The lowest BCUT2D eigenvalue weighted by Crippen LogP contribution is -2.10. The molecule has 0 fully saturated rings. The molecule has 0 bridgehead atoms. The molecule has 0 amide bonds. The van der Waals surface area contributed by atoms with Crippen LogP contribution in [0, 0.1) is 0 Å². The Morgan fingerprint density at radius 1 is 1.35 bits per heavy atom. The number of esters is 1. The molecule has 1 aromatic heterocycles. The highest BCUT2D eigenvalue weighted by Crippen LogP contribution is 2.18. The van der Waals surface area contributed by atoms with Crippen LogP contribution in [0.25, 0.3) is 10.9 Å². The first-order valence-electron chi connectivity index (χ1n) is 5.95. The van der Waals surface area contributed by atoms with Crippen molar-refractivity contribution >= 4 is 16.9 Å². The van der Waals surface area contributed by atoms with E-state index in [1.54, 1.807) is 0 Å². The summed E-state index contributed by atoms with van der Waals surface area (Å²) in [5.41, 5.74) is 1.66. The molecule has 0 unspecified atom stereocenters. The van der Waals surface area contributed by atoms with E-state index in [2.05, 4.69) is 6.92 Å². The van der Waals surface area contributed by atoms with Gasteiger partial charge in [-0.2, -0.15) is 0 Å². The second kappa shape index (κ2) is 5.04. The Balaban J connectivity index is 2.23. The molecule has 1 aromatic carbocycles. The van der Waals surface area contributed by atoms with E-state index in [0.717, 1.165) is 23.7 Å². The molecule has 1 heterocycles. The fourth-order valence-electron chi connectivity index (χ4n) is 1.87. The predicted octanol–water partition coefficient (Wildman–Crippen LogP) is 3.14. The van der Waals surface area contributed by atoms with Gasteiger partial charge in [0.05, 0.1) is 6.61 Å². The fourth-order valence-corrected chi connectivity index (χ4v) is 1.87. The van der Waals surface area contributed by atoms with Gasteiger partial charge in [-0.15, -0.1) is 0 Å². The molecule has 0 spiro atoms. The van der Waals surface area contributed by atoms with Gasteiger partial charge in [-0.1, -0.05) is 31.5 Å². The van der Waals surface area contributed by atoms with Crippen LogP contribution in [0.15, 0.2) is 30.3 Å². The lowest BCUT2D eigenvalue weighted by molar-refractivity contribution is 0.0489. The summed E-state index contributed by atoms with van der Waals surface area (Å²) in [6.07, 6.45) is 1.94. The largest absolute Gasteiger partial charge is 0.461 e. The van der Waals surface area contributed by atoms with Gasteiger partial charge in [0, 0.05) is 18.0 Å². The van der Waals surface area contributed by atoms with Crippen LogP contribution in [0.3, 0.4) is 0 Å². The molecule has 0 radical (unpaired) electrons. The van der Waals surface area contributed by atoms with E-state index in [1.165, 1.54) is 0 Å². The van der Waals surface area contributed by atoms with Crippen molar-refractivity contribution in [2.45, 2.75) is 19.8 Å². The van der Waals surface area contributed by atoms with Crippen LogP contribution in [-0.2, 0) is 11.8 Å². The molecule has 0 N–H and O–H groups in total. The molecule has 0 saturated carbocycles. The minimum atomic E-state index is -0.239. The second-order valence-electron chi connectivity index (χ2n) is 4.14. The summed E-state index contributed by atoms with van der Waals surface area (Å²) in [7, 11) is 1.89. The first-order chi connectivity index (χ1) is 8.24. The maximum atomic E-state index is 11.9. The number of benzene rings is 1. The van der Waals surface area contributed by atoms with Gasteiger partial charge < -0.3 is 9.30 Å². The summed E-state index contributed by atoms with van der Waals surface area (Å²) in [6.45, 7) is 2.57. The van der Waals surface area contributed by atoms with Crippen LogP contribution < -0.4 is 0 Å². The Bertz CT molecular complexity index is 528. The van der Waals surface area contributed by atoms with E-state index in [-0.39, 0.29) is 5.97 Å². The van der Waals surface area contributed by atoms with Gasteiger partial charge in [0.1, 0.15) is 5.69 Å². The van der Waals surface area contributed by atoms with Gasteiger partial charge in [-0.05, 0) is 18.6 Å². The van der Waals surface area contributed by atoms with E-state index in [1.807, 2.05) is 41.9 Å². The quantitative estimate of drug-likeness (QED) is 0.598. The van der Waals surface area contributed by atoms with Gasteiger partial charge in [0.2, 0.25) is 0 Å². The van der Waals surface area contributed by atoms with Gasteiger partial charge in [-0.3, -0.25) is 0 Å². The molecule has 2 rings (SSSR count). The van der Waals surface area contributed by atoms with E-state index < -0.39 is 0 Å². The van der Waals surface area contributed by atoms with Crippen molar-refractivity contribution in [3.8, 4) is 0 Å². The van der Waals surface area contributed by atoms with Crippen LogP contribution >= 0.6 is 0 Å². The first-order valence-corrected chi connectivity index (χ1v) is 5.95. The number of rotatable bonds is 4. The predicted molar refractivity (Wildman–Crippen MR) is 68.1 cm³/mol. The van der Waals surface area contributed by atoms with Crippen LogP contribution in [0.5, 0.6) is 0 Å². The molecular weight excluding hydrogens is 214 g/mol. The highest BCUT2D eigenvalue weighted by atomic mass is 16.5. The van der Waals surface area contributed by atoms with Crippen molar-refractivity contribution in [1.29, 1.82) is 0 Å². The molecule has 0 atom stereocenters. The van der Waals surface area contributed by atoms with Gasteiger partial charge in [-0.25, -0.2) is 4.79 Å². The van der Waals surface area contributed by atoms with E-state index in [9.17, 15) is 4.79 Å². The van der Waals surface area contributed by atoms with Gasteiger partial charge >= 0.3 is 5.97 Å². The molecule has 3 heteroatoms. The summed E-state index contributed by atoms with van der Waals surface area (Å²) in [5, 5.41) is 1.07. The average Bonchev–Trinajstić information content (AvgIpc) is 2.68. The maximum Gasteiger partial charge on any atom is 0.354 e.